The van der Waals surface area contributed by atoms with Crippen molar-refractivity contribution in [3.8, 4) is 5.75 Å². The second-order valence-corrected chi connectivity index (χ2v) is 6.15. The summed E-state index contributed by atoms with van der Waals surface area (Å²) in [4.78, 5) is 9.72. The molecular formula is C16H22N4OS. The van der Waals surface area contributed by atoms with Gasteiger partial charge in [0.1, 0.15) is 17.4 Å². The van der Waals surface area contributed by atoms with Crippen molar-refractivity contribution in [2.75, 3.05) is 20.2 Å². The van der Waals surface area contributed by atoms with Gasteiger partial charge in [-0.15, -0.1) is 11.3 Å². The summed E-state index contributed by atoms with van der Waals surface area (Å²) < 4.78 is 5.74. The van der Waals surface area contributed by atoms with Crippen LogP contribution >= 0.6 is 11.3 Å². The number of thiazole rings is 1. The second kappa shape index (κ2) is 8.38. The Hall–Kier alpha value is -2.08. The lowest BCUT2D eigenvalue weighted by molar-refractivity contribution is 0.320. The Kier molecular flexibility index (Phi) is 6.21. The van der Waals surface area contributed by atoms with Crippen LogP contribution in [0.4, 0.5) is 0 Å². The van der Waals surface area contributed by atoms with Crippen LogP contribution in [0.25, 0.3) is 0 Å². The van der Waals surface area contributed by atoms with Crippen molar-refractivity contribution in [1.82, 2.24) is 15.6 Å². The summed E-state index contributed by atoms with van der Waals surface area (Å²) in [6.07, 6.45) is 1.88. The van der Waals surface area contributed by atoms with Crippen molar-refractivity contribution in [3.05, 3.63) is 45.9 Å². The van der Waals surface area contributed by atoms with E-state index in [9.17, 15) is 0 Å². The molecule has 0 bridgehead atoms. The zero-order valence-electron chi connectivity index (χ0n) is 13.2. The van der Waals surface area contributed by atoms with E-state index in [0.717, 1.165) is 22.3 Å². The Morgan fingerprint density at radius 2 is 2.09 bits per heavy atom. The number of aromatic nitrogens is 1. The monoisotopic (exact) mass is 318 g/mol. The highest BCUT2D eigenvalue weighted by Gasteiger charge is 2.02. The van der Waals surface area contributed by atoms with E-state index in [2.05, 4.69) is 27.5 Å². The van der Waals surface area contributed by atoms with Crippen LogP contribution in [0.3, 0.4) is 0 Å². The molecule has 6 heteroatoms. The number of aliphatic imine (C=N–C) groups is 1. The largest absolute Gasteiger partial charge is 0.491 e. The number of aryl methyl sites for hydroxylation is 2. The second-order valence-electron chi connectivity index (χ2n) is 4.83. The average molecular weight is 318 g/mol. The number of nitrogens with zero attached hydrogens (tertiary/aromatic N) is 2. The highest BCUT2D eigenvalue weighted by molar-refractivity contribution is 7.11. The van der Waals surface area contributed by atoms with Crippen LogP contribution < -0.4 is 15.4 Å². The molecule has 0 saturated carbocycles. The summed E-state index contributed by atoms with van der Waals surface area (Å²) in [6.45, 7) is 6.04. The van der Waals surface area contributed by atoms with E-state index in [4.69, 9.17) is 4.74 Å². The molecule has 1 aromatic carbocycles. The van der Waals surface area contributed by atoms with Gasteiger partial charge in [0.05, 0.1) is 13.1 Å². The molecule has 0 spiro atoms. The zero-order valence-corrected chi connectivity index (χ0v) is 14.0. The number of nitrogens with one attached hydrogen (secondary N) is 2. The molecule has 0 atom stereocenters. The molecule has 2 N–H and O–H groups in total. The van der Waals surface area contributed by atoms with Crippen molar-refractivity contribution >= 4 is 17.3 Å². The highest BCUT2D eigenvalue weighted by atomic mass is 32.1. The lowest BCUT2D eigenvalue weighted by Crippen LogP contribution is -2.38. The quantitative estimate of drug-likeness (QED) is 0.488. The van der Waals surface area contributed by atoms with Crippen LogP contribution in [0, 0.1) is 13.8 Å². The number of guanidine groups is 1. The number of ether oxygens (including phenoxy) is 1. The van der Waals surface area contributed by atoms with Gasteiger partial charge in [-0.05, 0) is 25.5 Å². The molecule has 1 aromatic heterocycles. The molecule has 0 saturated heterocycles. The maximum Gasteiger partial charge on any atom is 0.191 e. The van der Waals surface area contributed by atoms with Gasteiger partial charge in [-0.1, -0.05) is 18.2 Å². The van der Waals surface area contributed by atoms with E-state index in [1.165, 1.54) is 4.88 Å². The number of hydrogen-bond donors (Lipinski definition) is 2. The smallest absolute Gasteiger partial charge is 0.191 e. The molecule has 2 rings (SSSR count). The molecular weight excluding hydrogens is 296 g/mol. The van der Waals surface area contributed by atoms with Gasteiger partial charge < -0.3 is 15.4 Å². The van der Waals surface area contributed by atoms with Gasteiger partial charge >= 0.3 is 0 Å². The van der Waals surface area contributed by atoms with E-state index in [1.807, 2.05) is 37.4 Å². The fourth-order valence-corrected chi connectivity index (χ4v) is 2.64. The van der Waals surface area contributed by atoms with Crippen LogP contribution in [0.1, 0.15) is 15.4 Å². The summed E-state index contributed by atoms with van der Waals surface area (Å²) in [5.41, 5.74) is 1.14. The Morgan fingerprint density at radius 1 is 1.27 bits per heavy atom. The van der Waals surface area contributed by atoms with Crippen LogP contribution in [-0.2, 0) is 6.54 Å². The summed E-state index contributed by atoms with van der Waals surface area (Å²) in [6, 6.07) is 8.01. The summed E-state index contributed by atoms with van der Waals surface area (Å²) >= 11 is 1.69. The number of para-hydroxylation sites is 1. The zero-order chi connectivity index (χ0) is 15.8. The van der Waals surface area contributed by atoms with Crippen LogP contribution in [-0.4, -0.2) is 31.1 Å². The highest BCUT2D eigenvalue weighted by Crippen LogP contribution is 2.15. The van der Waals surface area contributed by atoms with Gasteiger partial charge in [0.15, 0.2) is 5.96 Å². The molecule has 1 heterocycles. The third kappa shape index (κ3) is 5.04. The van der Waals surface area contributed by atoms with Gasteiger partial charge in [-0.25, -0.2) is 4.98 Å². The van der Waals surface area contributed by atoms with Gasteiger partial charge in [0, 0.05) is 18.1 Å². The Balaban J connectivity index is 1.69. The van der Waals surface area contributed by atoms with E-state index in [1.54, 1.807) is 18.4 Å². The third-order valence-corrected chi connectivity index (χ3v) is 3.96. The van der Waals surface area contributed by atoms with Crippen LogP contribution in [0.15, 0.2) is 35.5 Å². The maximum atomic E-state index is 5.74. The van der Waals surface area contributed by atoms with Crippen molar-refractivity contribution in [2.45, 2.75) is 20.4 Å². The number of hydrogen-bond acceptors (Lipinski definition) is 4. The molecule has 22 heavy (non-hydrogen) atoms. The van der Waals surface area contributed by atoms with Gasteiger partial charge in [0.25, 0.3) is 0 Å². The van der Waals surface area contributed by atoms with Crippen molar-refractivity contribution in [1.29, 1.82) is 0 Å². The standard InChI is InChI=1S/C16H22N4OS/c1-12-6-4-5-7-14(12)21-9-8-18-16(17-3)20-11-15-19-10-13(2)22-15/h4-7,10H,8-9,11H2,1-3H3,(H2,17,18,20). The lowest BCUT2D eigenvalue weighted by atomic mass is 10.2. The van der Waals surface area contributed by atoms with E-state index in [-0.39, 0.29) is 0 Å². The fraction of sp³-hybridized carbons (Fsp3) is 0.375. The predicted octanol–water partition coefficient (Wildman–Crippen LogP) is 2.50. The maximum absolute atomic E-state index is 5.74. The van der Waals surface area contributed by atoms with Crippen LogP contribution in [0.5, 0.6) is 5.75 Å². The van der Waals surface area contributed by atoms with Gasteiger partial charge in [-0.2, -0.15) is 0 Å². The molecule has 0 amide bonds. The normalized spacial score (nSPS) is 11.3. The Morgan fingerprint density at radius 3 is 2.77 bits per heavy atom. The van der Waals surface area contributed by atoms with Crippen molar-refractivity contribution in [3.63, 3.8) is 0 Å². The first kappa shape index (κ1) is 16.3. The Bertz CT molecular complexity index is 624. The first-order valence-electron chi connectivity index (χ1n) is 7.23. The first-order chi connectivity index (χ1) is 10.7. The topological polar surface area (TPSA) is 58.5 Å². The predicted molar refractivity (Wildman–Crippen MR) is 91.7 cm³/mol. The number of rotatable bonds is 6. The minimum absolute atomic E-state index is 0.585. The molecule has 0 aliphatic rings. The Labute approximate surface area is 135 Å². The molecule has 118 valence electrons. The number of benzene rings is 1. The SMILES string of the molecule is CN=C(NCCOc1ccccc1C)NCc1ncc(C)s1. The molecule has 5 nitrogen and oxygen atoms in total. The summed E-state index contributed by atoms with van der Waals surface area (Å²) in [5, 5.41) is 7.52. The summed E-state index contributed by atoms with van der Waals surface area (Å²) in [7, 11) is 1.75. The van der Waals surface area contributed by atoms with E-state index in [0.29, 0.717) is 19.7 Å². The first-order valence-corrected chi connectivity index (χ1v) is 8.05. The lowest BCUT2D eigenvalue weighted by Gasteiger charge is -2.12. The van der Waals surface area contributed by atoms with E-state index < -0.39 is 0 Å². The molecule has 2 aromatic rings. The molecule has 0 fully saturated rings. The fourth-order valence-electron chi connectivity index (χ4n) is 1.91. The molecule has 0 aliphatic heterocycles. The van der Waals surface area contributed by atoms with Gasteiger partial charge in [-0.3, -0.25) is 4.99 Å². The third-order valence-electron chi connectivity index (χ3n) is 3.05. The van der Waals surface area contributed by atoms with Gasteiger partial charge in [0.2, 0.25) is 0 Å². The minimum atomic E-state index is 0.585. The van der Waals surface area contributed by atoms with E-state index >= 15 is 0 Å². The van der Waals surface area contributed by atoms with Crippen LogP contribution in [0.2, 0.25) is 0 Å². The van der Waals surface area contributed by atoms with Crippen molar-refractivity contribution < 1.29 is 4.74 Å². The van der Waals surface area contributed by atoms with Crippen molar-refractivity contribution in [2.24, 2.45) is 4.99 Å². The summed E-state index contributed by atoms with van der Waals surface area (Å²) in [5.74, 6) is 1.67. The minimum Gasteiger partial charge on any atom is -0.491 e. The molecule has 0 unspecified atom stereocenters. The molecule has 0 radical (unpaired) electrons. The molecule has 0 aliphatic carbocycles. The average Bonchev–Trinajstić information content (AvgIpc) is 2.94.